The SMILES string of the molecule is CCN(CC)CCOC(=O)C1(c2ccc(C)c(C)c2)CCCC1.Cl. The average Bonchev–Trinajstić information content (AvgIpc) is 3.05. The van der Waals surface area contributed by atoms with E-state index in [-0.39, 0.29) is 18.4 Å². The third-order valence-corrected chi connectivity index (χ3v) is 5.44. The molecule has 0 N–H and O–H groups in total. The number of carbonyl (C=O) groups is 1. The lowest BCUT2D eigenvalue weighted by Gasteiger charge is -2.28. The molecule has 0 spiro atoms. The molecule has 0 saturated heterocycles. The highest BCUT2D eigenvalue weighted by atomic mass is 35.5. The minimum atomic E-state index is -0.415. The second kappa shape index (κ2) is 9.43. The van der Waals surface area contributed by atoms with E-state index in [1.807, 2.05) is 0 Å². The van der Waals surface area contributed by atoms with E-state index >= 15 is 0 Å². The highest BCUT2D eigenvalue weighted by molar-refractivity contribution is 5.85. The number of hydrogen-bond donors (Lipinski definition) is 0. The monoisotopic (exact) mass is 353 g/mol. The van der Waals surface area contributed by atoms with Gasteiger partial charge in [-0.25, -0.2) is 0 Å². The van der Waals surface area contributed by atoms with E-state index in [0.29, 0.717) is 6.61 Å². The summed E-state index contributed by atoms with van der Waals surface area (Å²) in [5.41, 5.74) is 3.26. The summed E-state index contributed by atoms with van der Waals surface area (Å²) >= 11 is 0. The summed E-state index contributed by atoms with van der Waals surface area (Å²) in [4.78, 5) is 15.2. The zero-order valence-electron chi connectivity index (χ0n) is 15.6. The molecular formula is C20H32ClNO2. The van der Waals surface area contributed by atoms with Crippen LogP contribution in [0.4, 0.5) is 0 Å². The molecule has 0 amide bonds. The van der Waals surface area contributed by atoms with E-state index in [4.69, 9.17) is 4.74 Å². The number of esters is 1. The first-order valence-electron chi connectivity index (χ1n) is 9.00. The molecule has 136 valence electrons. The molecule has 1 aliphatic carbocycles. The van der Waals surface area contributed by atoms with Crippen molar-refractivity contribution < 1.29 is 9.53 Å². The highest BCUT2D eigenvalue weighted by Gasteiger charge is 2.44. The molecule has 24 heavy (non-hydrogen) atoms. The van der Waals surface area contributed by atoms with Crippen molar-refractivity contribution in [2.75, 3.05) is 26.2 Å². The fraction of sp³-hybridized carbons (Fsp3) is 0.650. The van der Waals surface area contributed by atoms with Crippen molar-refractivity contribution in [2.45, 2.75) is 58.8 Å². The molecular weight excluding hydrogens is 322 g/mol. The van der Waals surface area contributed by atoms with Gasteiger partial charge in [0.1, 0.15) is 6.61 Å². The van der Waals surface area contributed by atoms with E-state index in [1.54, 1.807) is 0 Å². The molecule has 0 atom stereocenters. The van der Waals surface area contributed by atoms with Crippen molar-refractivity contribution in [2.24, 2.45) is 0 Å². The third-order valence-electron chi connectivity index (χ3n) is 5.44. The van der Waals surface area contributed by atoms with Gasteiger partial charge in [-0.15, -0.1) is 12.4 Å². The topological polar surface area (TPSA) is 29.5 Å². The summed E-state index contributed by atoms with van der Waals surface area (Å²) in [5.74, 6) is -0.0228. The minimum absolute atomic E-state index is 0. The Hall–Kier alpha value is -1.06. The van der Waals surface area contributed by atoms with Crippen LogP contribution in [-0.2, 0) is 14.9 Å². The molecule has 3 nitrogen and oxygen atoms in total. The van der Waals surface area contributed by atoms with Crippen molar-refractivity contribution in [1.29, 1.82) is 0 Å². The molecule has 0 heterocycles. The summed E-state index contributed by atoms with van der Waals surface area (Å²) in [5, 5.41) is 0. The second-order valence-corrected chi connectivity index (χ2v) is 6.75. The van der Waals surface area contributed by atoms with Crippen LogP contribution in [-0.4, -0.2) is 37.1 Å². The molecule has 0 radical (unpaired) electrons. The van der Waals surface area contributed by atoms with Crippen molar-refractivity contribution in [3.05, 3.63) is 34.9 Å². The van der Waals surface area contributed by atoms with Crippen LogP contribution in [0.1, 0.15) is 56.2 Å². The van der Waals surface area contributed by atoms with Gasteiger partial charge in [-0.2, -0.15) is 0 Å². The van der Waals surface area contributed by atoms with Gasteiger partial charge in [-0.05, 0) is 56.5 Å². The molecule has 1 saturated carbocycles. The molecule has 0 aromatic heterocycles. The number of benzene rings is 1. The van der Waals surface area contributed by atoms with E-state index in [0.717, 1.165) is 50.9 Å². The predicted molar refractivity (Wildman–Crippen MR) is 102 cm³/mol. The van der Waals surface area contributed by atoms with Crippen LogP contribution in [0, 0.1) is 13.8 Å². The smallest absolute Gasteiger partial charge is 0.316 e. The number of hydrogen-bond acceptors (Lipinski definition) is 3. The van der Waals surface area contributed by atoms with Crippen LogP contribution in [0.15, 0.2) is 18.2 Å². The van der Waals surface area contributed by atoms with Crippen molar-refractivity contribution in [1.82, 2.24) is 4.90 Å². The highest BCUT2D eigenvalue weighted by Crippen LogP contribution is 2.42. The zero-order chi connectivity index (χ0) is 16.9. The Morgan fingerprint density at radius 1 is 1.12 bits per heavy atom. The largest absolute Gasteiger partial charge is 0.464 e. The van der Waals surface area contributed by atoms with E-state index < -0.39 is 5.41 Å². The summed E-state index contributed by atoms with van der Waals surface area (Å²) in [6.45, 7) is 11.8. The van der Waals surface area contributed by atoms with Crippen LogP contribution in [0.5, 0.6) is 0 Å². The Morgan fingerprint density at radius 3 is 2.29 bits per heavy atom. The third kappa shape index (κ3) is 4.52. The number of halogens is 1. The number of carbonyl (C=O) groups excluding carboxylic acids is 1. The summed E-state index contributed by atoms with van der Waals surface area (Å²) in [6, 6.07) is 6.44. The van der Waals surface area contributed by atoms with E-state index in [1.165, 1.54) is 11.1 Å². The number of ether oxygens (including phenoxy) is 1. The Labute approximate surface area is 153 Å². The maximum atomic E-state index is 12.9. The molecule has 1 aromatic rings. The van der Waals surface area contributed by atoms with Gasteiger partial charge in [0, 0.05) is 6.54 Å². The molecule has 2 rings (SSSR count). The zero-order valence-corrected chi connectivity index (χ0v) is 16.4. The lowest BCUT2D eigenvalue weighted by Crippen LogP contribution is -2.37. The van der Waals surface area contributed by atoms with Crippen molar-refractivity contribution in [3.8, 4) is 0 Å². The van der Waals surface area contributed by atoms with Crippen LogP contribution in [0.25, 0.3) is 0 Å². The Bertz CT molecular complexity index is 534. The van der Waals surface area contributed by atoms with E-state index in [9.17, 15) is 4.79 Å². The first kappa shape index (κ1) is 21.0. The summed E-state index contributed by atoms with van der Waals surface area (Å²) in [7, 11) is 0. The van der Waals surface area contributed by atoms with Gasteiger partial charge in [0.25, 0.3) is 0 Å². The van der Waals surface area contributed by atoms with Gasteiger partial charge >= 0.3 is 5.97 Å². The van der Waals surface area contributed by atoms with Crippen LogP contribution in [0.3, 0.4) is 0 Å². The molecule has 0 unspecified atom stereocenters. The first-order valence-corrected chi connectivity index (χ1v) is 9.00. The van der Waals surface area contributed by atoms with Crippen LogP contribution >= 0.6 is 12.4 Å². The fourth-order valence-corrected chi connectivity index (χ4v) is 3.57. The van der Waals surface area contributed by atoms with Gasteiger partial charge in [0.15, 0.2) is 0 Å². The van der Waals surface area contributed by atoms with Gasteiger partial charge in [-0.1, -0.05) is 44.9 Å². The van der Waals surface area contributed by atoms with E-state index in [2.05, 4.69) is 50.8 Å². The Morgan fingerprint density at radius 2 is 1.75 bits per heavy atom. The van der Waals surface area contributed by atoms with Gasteiger partial charge < -0.3 is 9.64 Å². The van der Waals surface area contributed by atoms with Crippen molar-refractivity contribution in [3.63, 3.8) is 0 Å². The normalized spacial score (nSPS) is 16.0. The molecule has 1 fully saturated rings. The fourth-order valence-electron chi connectivity index (χ4n) is 3.57. The van der Waals surface area contributed by atoms with Crippen LogP contribution < -0.4 is 0 Å². The summed E-state index contributed by atoms with van der Waals surface area (Å²) in [6.07, 6.45) is 4.05. The maximum Gasteiger partial charge on any atom is 0.316 e. The second-order valence-electron chi connectivity index (χ2n) is 6.75. The maximum absolute atomic E-state index is 12.9. The molecule has 0 bridgehead atoms. The quantitative estimate of drug-likeness (QED) is 0.679. The van der Waals surface area contributed by atoms with Gasteiger partial charge in [0.05, 0.1) is 5.41 Å². The molecule has 1 aliphatic rings. The standard InChI is InChI=1S/C20H31NO2.ClH/c1-5-21(6-2)13-14-23-19(22)20(11-7-8-12-20)18-10-9-16(3)17(4)15-18;/h9-10,15H,5-8,11-14H2,1-4H3;1H. The Balaban J connectivity index is 0.00000288. The first-order chi connectivity index (χ1) is 11.0. The minimum Gasteiger partial charge on any atom is -0.464 e. The lowest BCUT2D eigenvalue weighted by atomic mass is 9.78. The van der Waals surface area contributed by atoms with Gasteiger partial charge in [-0.3, -0.25) is 4.79 Å². The number of likely N-dealkylation sites (N-methyl/N-ethyl adjacent to an activating group) is 1. The lowest BCUT2D eigenvalue weighted by molar-refractivity contribution is -0.151. The number of nitrogens with zero attached hydrogens (tertiary/aromatic N) is 1. The summed E-state index contributed by atoms with van der Waals surface area (Å²) < 4.78 is 5.71. The molecule has 0 aliphatic heterocycles. The number of aryl methyl sites for hydroxylation is 2. The molecule has 1 aromatic carbocycles. The average molecular weight is 354 g/mol. The van der Waals surface area contributed by atoms with Crippen molar-refractivity contribution >= 4 is 18.4 Å². The van der Waals surface area contributed by atoms with Crippen LogP contribution in [0.2, 0.25) is 0 Å². The number of rotatable bonds is 7. The predicted octanol–water partition coefficient (Wildman–Crippen LogP) is 4.42. The Kier molecular flexibility index (Phi) is 8.24. The molecule has 4 heteroatoms. The van der Waals surface area contributed by atoms with Gasteiger partial charge in [0.2, 0.25) is 0 Å².